The molecule has 2 nitrogen and oxygen atoms in total. The van der Waals surface area contributed by atoms with Gasteiger partial charge in [-0.1, -0.05) is 127 Å². The van der Waals surface area contributed by atoms with Crippen LogP contribution in [0.1, 0.15) is 22.6 Å². The molecular formula is C48H33NOS. The number of rotatable bonds is 7. The third kappa shape index (κ3) is 5.17. The molecule has 0 aliphatic heterocycles. The van der Waals surface area contributed by atoms with Gasteiger partial charge in [0.05, 0.1) is 0 Å². The van der Waals surface area contributed by atoms with E-state index in [0.717, 1.165) is 45.4 Å². The average molecular weight is 672 g/mol. The van der Waals surface area contributed by atoms with E-state index in [1.54, 1.807) is 0 Å². The van der Waals surface area contributed by atoms with Crippen LogP contribution >= 0.6 is 11.3 Å². The molecule has 1 atom stereocenters. The van der Waals surface area contributed by atoms with E-state index in [9.17, 15) is 0 Å². The fourth-order valence-corrected chi connectivity index (χ4v) is 9.12. The topological polar surface area (TPSA) is 16.4 Å². The molecule has 0 amide bonds. The van der Waals surface area contributed by atoms with Crippen molar-refractivity contribution >= 4 is 81.3 Å². The Hall–Kier alpha value is -6.16. The maximum Gasteiger partial charge on any atom is 0.135 e. The van der Waals surface area contributed by atoms with Crippen LogP contribution < -0.4 is 4.90 Å². The first-order valence-electron chi connectivity index (χ1n) is 17.5. The summed E-state index contributed by atoms with van der Waals surface area (Å²) in [6, 6.07) is 65.9. The lowest BCUT2D eigenvalue weighted by molar-refractivity contribution is 0.669. The van der Waals surface area contributed by atoms with Crippen molar-refractivity contribution in [2.24, 2.45) is 0 Å². The number of benzene rings is 8. The van der Waals surface area contributed by atoms with E-state index in [1.165, 1.54) is 47.6 Å². The smallest absolute Gasteiger partial charge is 0.135 e. The molecule has 2 aromatic heterocycles. The summed E-state index contributed by atoms with van der Waals surface area (Å²) in [4.78, 5) is 2.36. The zero-order chi connectivity index (χ0) is 33.7. The van der Waals surface area contributed by atoms with Gasteiger partial charge in [-0.05, 0) is 88.5 Å². The average Bonchev–Trinajstić information content (AvgIpc) is 3.76. The molecule has 0 aliphatic carbocycles. The Morgan fingerprint density at radius 3 is 1.88 bits per heavy atom. The highest BCUT2D eigenvalue weighted by molar-refractivity contribution is 7.26. The Morgan fingerprint density at radius 2 is 1.08 bits per heavy atom. The highest BCUT2D eigenvalue weighted by atomic mass is 32.1. The van der Waals surface area contributed by atoms with Gasteiger partial charge in [0.15, 0.2) is 0 Å². The van der Waals surface area contributed by atoms with Crippen molar-refractivity contribution in [3.63, 3.8) is 0 Å². The van der Waals surface area contributed by atoms with E-state index in [4.69, 9.17) is 4.42 Å². The van der Waals surface area contributed by atoms with Crippen molar-refractivity contribution in [3.8, 4) is 0 Å². The van der Waals surface area contributed by atoms with Crippen molar-refractivity contribution in [2.45, 2.75) is 12.3 Å². The third-order valence-corrected chi connectivity index (χ3v) is 11.4. The maximum atomic E-state index is 6.20. The number of furan rings is 1. The van der Waals surface area contributed by atoms with Crippen LogP contribution in [0.4, 0.5) is 17.1 Å². The highest BCUT2D eigenvalue weighted by Crippen LogP contribution is 2.46. The van der Waals surface area contributed by atoms with Crippen molar-refractivity contribution in [2.75, 3.05) is 4.90 Å². The zero-order valence-corrected chi connectivity index (χ0v) is 28.7. The van der Waals surface area contributed by atoms with Gasteiger partial charge in [-0.15, -0.1) is 11.3 Å². The van der Waals surface area contributed by atoms with Gasteiger partial charge < -0.3 is 9.32 Å². The minimum Gasteiger partial charge on any atom is -0.456 e. The van der Waals surface area contributed by atoms with Crippen LogP contribution in [0.25, 0.3) is 52.9 Å². The summed E-state index contributed by atoms with van der Waals surface area (Å²) >= 11 is 1.90. The van der Waals surface area contributed by atoms with E-state index in [0.29, 0.717) is 0 Å². The van der Waals surface area contributed by atoms with Gasteiger partial charge in [-0.2, -0.15) is 0 Å². The number of nitrogens with zero attached hydrogens (tertiary/aromatic N) is 1. The molecule has 0 radical (unpaired) electrons. The van der Waals surface area contributed by atoms with Gasteiger partial charge in [-0.3, -0.25) is 0 Å². The van der Waals surface area contributed by atoms with Crippen molar-refractivity contribution in [1.82, 2.24) is 0 Å². The quantitative estimate of drug-likeness (QED) is 0.168. The normalized spacial score (nSPS) is 12.3. The minimum atomic E-state index is 0.222. The van der Waals surface area contributed by atoms with Gasteiger partial charge in [0.2, 0.25) is 0 Å². The lowest BCUT2D eigenvalue weighted by Gasteiger charge is -2.25. The largest absolute Gasteiger partial charge is 0.456 e. The summed E-state index contributed by atoms with van der Waals surface area (Å²) in [7, 11) is 0. The van der Waals surface area contributed by atoms with Gasteiger partial charge in [0, 0.05) is 53.9 Å². The van der Waals surface area contributed by atoms with E-state index in [1.807, 2.05) is 23.5 Å². The summed E-state index contributed by atoms with van der Waals surface area (Å²) in [6.45, 7) is 0. The van der Waals surface area contributed by atoms with Crippen molar-refractivity contribution in [1.29, 1.82) is 0 Å². The molecule has 2 heterocycles. The summed E-state index contributed by atoms with van der Waals surface area (Å²) < 4.78 is 8.81. The van der Waals surface area contributed by atoms with E-state index < -0.39 is 0 Å². The number of para-hydroxylation sites is 2. The molecule has 0 N–H and O–H groups in total. The minimum absolute atomic E-state index is 0.222. The Kier molecular flexibility index (Phi) is 7.18. The van der Waals surface area contributed by atoms with Crippen LogP contribution in [0.5, 0.6) is 0 Å². The van der Waals surface area contributed by atoms with Crippen LogP contribution in [0.15, 0.2) is 186 Å². The zero-order valence-electron chi connectivity index (χ0n) is 27.9. The molecule has 0 spiro atoms. The number of hydrogen-bond acceptors (Lipinski definition) is 3. The number of fused-ring (bicyclic) bond motifs is 8. The molecule has 0 aliphatic rings. The second-order valence-corrected chi connectivity index (χ2v) is 14.3. The predicted molar refractivity (Wildman–Crippen MR) is 217 cm³/mol. The van der Waals surface area contributed by atoms with Crippen LogP contribution in [-0.2, 0) is 6.42 Å². The molecule has 8 aromatic carbocycles. The fourth-order valence-electron chi connectivity index (χ4n) is 7.86. The van der Waals surface area contributed by atoms with Gasteiger partial charge in [0.1, 0.15) is 11.2 Å². The first kappa shape index (κ1) is 29.7. The Balaban J connectivity index is 1.16. The van der Waals surface area contributed by atoms with Crippen molar-refractivity contribution < 1.29 is 4.42 Å². The third-order valence-electron chi connectivity index (χ3n) is 10.2. The van der Waals surface area contributed by atoms with Gasteiger partial charge >= 0.3 is 0 Å². The SMILES string of the molecule is c1ccc(CC(c2ccccc2)c2cc3c4ccc(N(c5ccccc5)c5ccc6oc7ccccc7c6c5)cc4sc3c3ccccc23)cc1. The van der Waals surface area contributed by atoms with Gasteiger partial charge in [0.25, 0.3) is 0 Å². The molecule has 242 valence electrons. The predicted octanol–water partition coefficient (Wildman–Crippen LogP) is 14.0. The molecule has 51 heavy (non-hydrogen) atoms. The molecule has 10 rings (SSSR count). The highest BCUT2D eigenvalue weighted by Gasteiger charge is 2.22. The monoisotopic (exact) mass is 671 g/mol. The van der Waals surface area contributed by atoms with Crippen LogP contribution in [0, 0.1) is 0 Å². The Morgan fingerprint density at radius 1 is 0.451 bits per heavy atom. The molecule has 0 fully saturated rings. The summed E-state index contributed by atoms with van der Waals surface area (Å²) in [6.07, 6.45) is 0.939. The Labute approximate surface area is 300 Å². The number of anilines is 3. The van der Waals surface area contributed by atoms with Crippen molar-refractivity contribution in [3.05, 3.63) is 199 Å². The number of hydrogen-bond donors (Lipinski definition) is 0. The van der Waals surface area contributed by atoms with E-state index >= 15 is 0 Å². The first-order valence-corrected chi connectivity index (χ1v) is 18.3. The summed E-state index contributed by atoms with van der Waals surface area (Å²) in [5.41, 5.74) is 9.21. The van der Waals surface area contributed by atoms with Crippen LogP contribution in [0.3, 0.4) is 0 Å². The second-order valence-electron chi connectivity index (χ2n) is 13.3. The summed E-state index contributed by atoms with van der Waals surface area (Å²) in [5.74, 6) is 0.222. The molecule has 3 heteroatoms. The fraction of sp³-hybridized carbons (Fsp3) is 0.0417. The lowest BCUT2D eigenvalue weighted by atomic mass is 9.83. The standard InChI is InChI=1S/C48H33NOS/c1-4-14-32(15-5-1)28-41(33-16-6-2-7-17-33)42-31-44-39-26-24-36(30-47(39)51-48(44)40-22-11-10-20-37(40)42)49(34-18-8-3-9-19-34)35-25-27-46-43(29-35)38-21-12-13-23-45(38)50-46/h1-27,29-31,41H,28H2. The molecule has 0 saturated heterocycles. The van der Waals surface area contributed by atoms with Gasteiger partial charge in [-0.25, -0.2) is 0 Å². The molecule has 0 saturated carbocycles. The van der Waals surface area contributed by atoms with Crippen LogP contribution in [0.2, 0.25) is 0 Å². The van der Waals surface area contributed by atoms with Crippen LogP contribution in [-0.4, -0.2) is 0 Å². The lowest BCUT2D eigenvalue weighted by Crippen LogP contribution is -2.09. The number of thiophene rings is 1. The molecular weight excluding hydrogens is 639 g/mol. The first-order chi connectivity index (χ1) is 25.3. The Bertz CT molecular complexity index is 2840. The van der Waals surface area contributed by atoms with E-state index in [-0.39, 0.29) is 5.92 Å². The second kappa shape index (κ2) is 12.3. The molecule has 10 aromatic rings. The maximum absolute atomic E-state index is 6.20. The summed E-state index contributed by atoms with van der Waals surface area (Å²) in [5, 5.41) is 7.51. The molecule has 1 unspecified atom stereocenters. The molecule has 0 bridgehead atoms. The van der Waals surface area contributed by atoms with E-state index in [2.05, 4.69) is 175 Å².